The molecule has 1 saturated heterocycles. The molecule has 0 radical (unpaired) electrons. The minimum atomic E-state index is -0.922. The van der Waals surface area contributed by atoms with Gasteiger partial charge in [-0.1, -0.05) is 48.0 Å². The van der Waals surface area contributed by atoms with Gasteiger partial charge in [0.1, 0.15) is 17.6 Å². The molecule has 2 amide bonds. The topological polar surface area (TPSA) is 67.9 Å². The van der Waals surface area contributed by atoms with Crippen molar-refractivity contribution in [3.05, 3.63) is 101 Å². The lowest BCUT2D eigenvalue weighted by Crippen LogP contribution is -2.45. The molecular formula is C29H31FN2O4. The van der Waals surface area contributed by atoms with Crippen molar-refractivity contribution < 1.29 is 23.5 Å². The number of aryl methyl sites for hydroxylation is 1. The number of ether oxygens (including phenoxy) is 2. The van der Waals surface area contributed by atoms with E-state index >= 15 is 0 Å². The molecule has 4 rings (SSSR count). The van der Waals surface area contributed by atoms with Gasteiger partial charge in [0.2, 0.25) is 5.91 Å². The molecule has 2 atom stereocenters. The van der Waals surface area contributed by atoms with Crippen molar-refractivity contribution in [2.24, 2.45) is 0 Å². The molecule has 0 bridgehead atoms. The molecule has 0 saturated carbocycles. The van der Waals surface area contributed by atoms with E-state index in [2.05, 4.69) is 5.32 Å². The lowest BCUT2D eigenvalue weighted by atomic mass is 10.00. The normalized spacial score (nSPS) is 15.8. The minimum Gasteiger partial charge on any atom is -0.496 e. The number of amides is 2. The van der Waals surface area contributed by atoms with Gasteiger partial charge in [-0.3, -0.25) is 9.59 Å². The van der Waals surface area contributed by atoms with Crippen LogP contribution < -0.4 is 10.1 Å². The second-order valence-electron chi connectivity index (χ2n) is 8.95. The molecule has 0 aromatic heterocycles. The first-order valence-electron chi connectivity index (χ1n) is 12.1. The highest BCUT2D eigenvalue weighted by Gasteiger charge is 2.33. The van der Waals surface area contributed by atoms with E-state index in [9.17, 15) is 14.0 Å². The Bertz CT molecular complexity index is 1170. The lowest BCUT2D eigenvalue weighted by molar-refractivity contribution is -0.126. The van der Waals surface area contributed by atoms with Crippen LogP contribution in [0.1, 0.15) is 45.9 Å². The highest BCUT2D eigenvalue weighted by atomic mass is 19.1. The van der Waals surface area contributed by atoms with Crippen LogP contribution in [0.3, 0.4) is 0 Å². The van der Waals surface area contributed by atoms with Gasteiger partial charge in [-0.05, 0) is 55.7 Å². The third kappa shape index (κ3) is 6.10. The zero-order valence-corrected chi connectivity index (χ0v) is 20.6. The number of benzene rings is 3. The summed E-state index contributed by atoms with van der Waals surface area (Å²) in [5.74, 6) is -0.525. The summed E-state index contributed by atoms with van der Waals surface area (Å²) in [6, 6.07) is 19.4. The van der Waals surface area contributed by atoms with E-state index in [1.165, 1.54) is 29.2 Å². The second kappa shape index (κ2) is 11.8. The van der Waals surface area contributed by atoms with Crippen molar-refractivity contribution in [2.75, 3.05) is 20.3 Å². The molecule has 188 valence electrons. The second-order valence-corrected chi connectivity index (χ2v) is 8.95. The Hall–Kier alpha value is -3.71. The number of hydrogen-bond acceptors (Lipinski definition) is 4. The number of rotatable bonds is 9. The predicted molar refractivity (Wildman–Crippen MR) is 135 cm³/mol. The van der Waals surface area contributed by atoms with E-state index in [1.54, 1.807) is 7.11 Å². The maximum atomic E-state index is 13.9. The number of carbonyl (C=O) groups excluding carboxylic acids is 2. The van der Waals surface area contributed by atoms with E-state index in [0.29, 0.717) is 24.5 Å². The monoisotopic (exact) mass is 490 g/mol. The van der Waals surface area contributed by atoms with Crippen LogP contribution in [0.25, 0.3) is 0 Å². The van der Waals surface area contributed by atoms with Gasteiger partial charge < -0.3 is 19.7 Å². The van der Waals surface area contributed by atoms with Crippen LogP contribution in [-0.2, 0) is 16.1 Å². The van der Waals surface area contributed by atoms with Gasteiger partial charge in [-0.25, -0.2) is 4.39 Å². The van der Waals surface area contributed by atoms with Crippen LogP contribution in [0.2, 0.25) is 0 Å². The zero-order chi connectivity index (χ0) is 25.5. The lowest BCUT2D eigenvalue weighted by Gasteiger charge is -2.32. The van der Waals surface area contributed by atoms with Crippen molar-refractivity contribution in [1.82, 2.24) is 10.2 Å². The van der Waals surface area contributed by atoms with E-state index < -0.39 is 17.8 Å². The highest BCUT2D eigenvalue weighted by Crippen LogP contribution is 2.29. The summed E-state index contributed by atoms with van der Waals surface area (Å²) >= 11 is 0. The van der Waals surface area contributed by atoms with Crippen LogP contribution in [0.15, 0.2) is 72.8 Å². The smallest absolute Gasteiger partial charge is 0.255 e. The summed E-state index contributed by atoms with van der Waals surface area (Å²) in [4.78, 5) is 29.1. The fourth-order valence-electron chi connectivity index (χ4n) is 4.39. The zero-order valence-electron chi connectivity index (χ0n) is 20.6. The third-order valence-corrected chi connectivity index (χ3v) is 6.37. The molecule has 1 aliphatic rings. The van der Waals surface area contributed by atoms with E-state index in [0.717, 1.165) is 24.0 Å². The number of carbonyl (C=O) groups is 2. The first-order chi connectivity index (χ1) is 17.5. The number of methoxy groups -OCH3 is 1. The standard InChI is InChI=1S/C29H31FN2O4/c1-20-9-11-21(12-10-20)27(28(33)31-18-25-7-5-17-36-25)32(19-23-6-3-4-8-26(23)35-2)29(34)22-13-15-24(30)16-14-22/h3-4,6,8-16,25,27H,5,7,17-19H2,1-2H3,(H,31,33). The molecule has 1 aliphatic heterocycles. The van der Waals surface area contributed by atoms with E-state index in [4.69, 9.17) is 9.47 Å². The number of nitrogens with zero attached hydrogens (tertiary/aromatic N) is 1. The summed E-state index contributed by atoms with van der Waals surface area (Å²) in [6.45, 7) is 3.14. The Labute approximate surface area is 211 Å². The van der Waals surface area contributed by atoms with Gasteiger partial charge in [0.05, 0.1) is 19.8 Å². The summed E-state index contributed by atoms with van der Waals surface area (Å²) < 4.78 is 24.8. The Balaban J connectivity index is 1.74. The quantitative estimate of drug-likeness (QED) is 0.467. The molecule has 1 N–H and O–H groups in total. The van der Waals surface area contributed by atoms with Crippen LogP contribution in [-0.4, -0.2) is 43.1 Å². The Morgan fingerprint density at radius 3 is 2.47 bits per heavy atom. The number of nitrogens with one attached hydrogen (secondary N) is 1. The molecule has 36 heavy (non-hydrogen) atoms. The molecule has 3 aromatic rings. The Kier molecular flexibility index (Phi) is 8.33. The van der Waals surface area contributed by atoms with Crippen molar-refractivity contribution in [3.63, 3.8) is 0 Å². The van der Waals surface area contributed by atoms with Crippen molar-refractivity contribution in [2.45, 2.75) is 38.5 Å². The first-order valence-corrected chi connectivity index (χ1v) is 12.1. The maximum absolute atomic E-state index is 13.9. The fraction of sp³-hybridized carbons (Fsp3) is 0.310. The van der Waals surface area contributed by atoms with E-state index in [1.807, 2.05) is 55.5 Å². The number of halogens is 1. The van der Waals surface area contributed by atoms with Crippen molar-refractivity contribution in [3.8, 4) is 5.75 Å². The number of para-hydroxylation sites is 1. The Morgan fingerprint density at radius 2 is 1.81 bits per heavy atom. The molecule has 6 nitrogen and oxygen atoms in total. The SMILES string of the molecule is COc1ccccc1CN(C(=O)c1ccc(F)cc1)C(C(=O)NCC1CCCO1)c1ccc(C)cc1. The van der Waals surface area contributed by atoms with Gasteiger partial charge >= 0.3 is 0 Å². The van der Waals surface area contributed by atoms with Gasteiger partial charge in [0.15, 0.2) is 0 Å². The fourth-order valence-corrected chi connectivity index (χ4v) is 4.39. The van der Waals surface area contributed by atoms with Gasteiger partial charge in [0.25, 0.3) is 5.91 Å². The van der Waals surface area contributed by atoms with Gasteiger partial charge in [-0.2, -0.15) is 0 Å². The number of hydrogen-bond donors (Lipinski definition) is 1. The highest BCUT2D eigenvalue weighted by molar-refractivity contribution is 5.98. The first kappa shape index (κ1) is 25.4. The molecule has 2 unspecified atom stereocenters. The maximum Gasteiger partial charge on any atom is 0.255 e. The molecular weight excluding hydrogens is 459 g/mol. The average molecular weight is 491 g/mol. The summed E-state index contributed by atoms with van der Waals surface area (Å²) in [5.41, 5.74) is 2.75. The minimum absolute atomic E-state index is 0.0388. The molecule has 1 fully saturated rings. The Morgan fingerprint density at radius 1 is 1.08 bits per heavy atom. The summed E-state index contributed by atoms with van der Waals surface area (Å²) in [6.07, 6.45) is 1.81. The summed E-state index contributed by atoms with van der Waals surface area (Å²) in [5, 5.41) is 3.00. The van der Waals surface area contributed by atoms with Crippen LogP contribution in [0.4, 0.5) is 4.39 Å². The molecule has 1 heterocycles. The molecule has 7 heteroatoms. The van der Waals surface area contributed by atoms with E-state index in [-0.39, 0.29) is 24.1 Å². The van der Waals surface area contributed by atoms with Crippen LogP contribution in [0.5, 0.6) is 5.75 Å². The van der Waals surface area contributed by atoms with Gasteiger partial charge in [-0.15, -0.1) is 0 Å². The van der Waals surface area contributed by atoms with Crippen molar-refractivity contribution >= 4 is 11.8 Å². The van der Waals surface area contributed by atoms with Crippen LogP contribution in [0, 0.1) is 12.7 Å². The molecule has 0 aliphatic carbocycles. The predicted octanol–water partition coefficient (Wildman–Crippen LogP) is 4.82. The molecule has 3 aromatic carbocycles. The molecule has 0 spiro atoms. The average Bonchev–Trinajstić information content (AvgIpc) is 3.42. The largest absolute Gasteiger partial charge is 0.496 e. The van der Waals surface area contributed by atoms with Crippen molar-refractivity contribution in [1.29, 1.82) is 0 Å². The van der Waals surface area contributed by atoms with Crippen LogP contribution >= 0.6 is 0 Å². The third-order valence-electron chi connectivity index (χ3n) is 6.37. The summed E-state index contributed by atoms with van der Waals surface area (Å²) in [7, 11) is 1.57. The van der Waals surface area contributed by atoms with Gasteiger partial charge in [0, 0.05) is 24.3 Å².